The number of aryl methyl sites for hydroxylation is 4. The number of hydrogen-bond acceptors (Lipinski definition) is 11. The van der Waals surface area contributed by atoms with Gasteiger partial charge >= 0.3 is 5.69 Å². The van der Waals surface area contributed by atoms with Crippen molar-refractivity contribution < 1.29 is 0 Å². The quantitative estimate of drug-likeness (QED) is 0.174. The summed E-state index contributed by atoms with van der Waals surface area (Å²) in [5, 5.41) is 0.657. The molecular weight excluding hydrogens is 831 g/mol. The van der Waals surface area contributed by atoms with Crippen LogP contribution in [-0.4, -0.2) is 77.8 Å². The second-order valence-electron chi connectivity index (χ2n) is 19.0. The highest BCUT2D eigenvalue weighted by atomic mass is 16.2. The lowest BCUT2D eigenvalue weighted by Gasteiger charge is -2.28. The van der Waals surface area contributed by atoms with E-state index in [0.29, 0.717) is 46.9 Å². The van der Waals surface area contributed by atoms with E-state index >= 15 is 0 Å². The summed E-state index contributed by atoms with van der Waals surface area (Å²) in [5.41, 5.74) is 6.99. The summed E-state index contributed by atoms with van der Waals surface area (Å²) in [6.45, 7) is 40.5. The first-order valence-electron chi connectivity index (χ1n) is 23.2. The maximum atomic E-state index is 11.5. The number of aromatic nitrogens is 9. The number of H-pyrrole nitrogens is 2. The standard InChI is InChI=1S/C12H20N2.C10H14N4.C10H13N3O.C10H16N2.C8H12N2O2/c1-7(2)10-5-6-11-8(3)13-9(4)14-12(10)11;1-6(2)14-5-11-9-7(3)12-8(4)13-10(9)14;1-6(2)13-5-4-8-9(13)11-7(3)12-10(8)14;1-7(2)12-6-8(3)9(4)11-10(12)5;1-5(2)10-4-6(3)7(11)9-8(10)12/h7,10-12H,5-6H2,1-4H3;5-6H,1-4H3;4-6H,1-3H3,(H,11,12,14);6-7H,5H2,1-4H3;4-5H,1-3H3,(H,9,11,12). The minimum absolute atomic E-state index is 0.0631. The second-order valence-corrected chi connectivity index (χ2v) is 19.0. The van der Waals surface area contributed by atoms with E-state index in [0.717, 1.165) is 57.5 Å². The number of nitrogens with zero attached hydrogens (tertiary/aromatic N) is 11. The van der Waals surface area contributed by atoms with E-state index in [9.17, 15) is 14.4 Å². The van der Waals surface area contributed by atoms with Gasteiger partial charge < -0.3 is 19.0 Å². The van der Waals surface area contributed by atoms with E-state index < -0.39 is 0 Å². The third-order valence-corrected chi connectivity index (χ3v) is 12.0. The molecule has 3 aliphatic rings. The molecule has 8 rings (SSSR count). The van der Waals surface area contributed by atoms with Crippen molar-refractivity contribution in [3.8, 4) is 0 Å². The minimum Gasteiger partial charge on any atom is -0.331 e. The Kier molecular flexibility index (Phi) is 17.9. The molecule has 2 aliphatic heterocycles. The van der Waals surface area contributed by atoms with Gasteiger partial charge in [-0.3, -0.25) is 24.1 Å². The van der Waals surface area contributed by atoms with E-state index in [2.05, 4.69) is 131 Å². The van der Waals surface area contributed by atoms with Gasteiger partial charge in [-0.1, -0.05) is 20.4 Å². The zero-order valence-corrected chi connectivity index (χ0v) is 42.8. The number of aromatic amines is 2. The summed E-state index contributed by atoms with van der Waals surface area (Å²) in [6.07, 6.45) is 10.0. The van der Waals surface area contributed by atoms with Gasteiger partial charge in [0.2, 0.25) is 0 Å². The van der Waals surface area contributed by atoms with Crippen LogP contribution in [0.1, 0.15) is 151 Å². The molecule has 5 aromatic rings. The van der Waals surface area contributed by atoms with Crippen molar-refractivity contribution in [3.63, 3.8) is 0 Å². The van der Waals surface area contributed by atoms with Crippen molar-refractivity contribution >= 4 is 39.5 Å². The van der Waals surface area contributed by atoms with Crippen LogP contribution in [-0.2, 0) is 0 Å². The number of nitrogens with one attached hydrogen (secondary N) is 2. The van der Waals surface area contributed by atoms with Gasteiger partial charge in [-0.15, -0.1) is 0 Å². The molecule has 66 heavy (non-hydrogen) atoms. The van der Waals surface area contributed by atoms with Gasteiger partial charge in [0.05, 0.1) is 23.4 Å². The Bertz CT molecular complexity index is 2800. The van der Waals surface area contributed by atoms with Crippen molar-refractivity contribution in [2.75, 3.05) is 0 Å². The Morgan fingerprint density at radius 2 is 1.35 bits per heavy atom. The monoisotopic (exact) mass is 906 g/mol. The molecule has 16 heteroatoms. The summed E-state index contributed by atoms with van der Waals surface area (Å²) in [7, 11) is 0. The van der Waals surface area contributed by atoms with Gasteiger partial charge in [0.25, 0.3) is 11.1 Å². The van der Waals surface area contributed by atoms with E-state index in [1.807, 2.05) is 58.6 Å². The van der Waals surface area contributed by atoms with Gasteiger partial charge in [0.15, 0.2) is 5.65 Å². The largest absolute Gasteiger partial charge is 0.331 e. The maximum absolute atomic E-state index is 11.5. The predicted molar refractivity (Wildman–Crippen MR) is 271 cm³/mol. The van der Waals surface area contributed by atoms with Crippen molar-refractivity contribution in [3.05, 3.63) is 103 Å². The molecule has 7 heterocycles. The van der Waals surface area contributed by atoms with Gasteiger partial charge in [-0.2, -0.15) is 0 Å². The first-order valence-corrected chi connectivity index (χ1v) is 23.2. The Labute approximate surface area is 390 Å². The van der Waals surface area contributed by atoms with Gasteiger partial charge in [-0.25, -0.2) is 34.7 Å². The van der Waals surface area contributed by atoms with Crippen LogP contribution in [0.3, 0.4) is 0 Å². The Hall–Kier alpha value is -6.06. The van der Waals surface area contributed by atoms with E-state index in [1.165, 1.54) is 28.7 Å². The van der Waals surface area contributed by atoms with Crippen LogP contribution in [0.15, 0.2) is 78.3 Å². The molecule has 3 unspecified atom stereocenters. The summed E-state index contributed by atoms with van der Waals surface area (Å²) in [4.78, 5) is 71.5. The lowest BCUT2D eigenvalue weighted by atomic mass is 9.87. The molecule has 0 bridgehead atoms. The minimum atomic E-state index is -0.347. The molecule has 0 amide bonds. The van der Waals surface area contributed by atoms with E-state index in [4.69, 9.17) is 4.99 Å². The van der Waals surface area contributed by atoms with E-state index in [1.54, 1.807) is 26.1 Å². The lowest BCUT2D eigenvalue weighted by molar-refractivity contribution is 0.347. The van der Waals surface area contributed by atoms with Gasteiger partial charge in [-0.05, 0) is 147 Å². The highest BCUT2D eigenvalue weighted by Gasteiger charge is 2.40. The molecule has 0 saturated heterocycles. The summed E-state index contributed by atoms with van der Waals surface area (Å²) in [6, 6.07) is 3.56. The number of allylic oxidation sites excluding steroid dienone is 1. The second kappa shape index (κ2) is 22.4. The van der Waals surface area contributed by atoms with Crippen molar-refractivity contribution in [1.82, 2.24) is 48.5 Å². The summed E-state index contributed by atoms with van der Waals surface area (Å²) < 4.78 is 5.56. The molecule has 0 spiro atoms. The molecule has 2 N–H and O–H groups in total. The van der Waals surface area contributed by atoms with Crippen LogP contribution in [0.25, 0.3) is 22.2 Å². The molecule has 16 nitrogen and oxygen atoms in total. The molecule has 0 radical (unpaired) electrons. The zero-order chi connectivity index (χ0) is 49.5. The Morgan fingerprint density at radius 3 is 1.94 bits per heavy atom. The number of rotatable bonds is 5. The van der Waals surface area contributed by atoms with Crippen molar-refractivity contribution in [2.24, 2.45) is 32.7 Å². The highest BCUT2D eigenvalue weighted by Crippen LogP contribution is 2.40. The van der Waals surface area contributed by atoms with Crippen LogP contribution in [0.5, 0.6) is 0 Å². The van der Waals surface area contributed by atoms with Crippen LogP contribution in [0.4, 0.5) is 0 Å². The average Bonchev–Trinajstić information content (AvgIpc) is 3.96. The third kappa shape index (κ3) is 12.8. The highest BCUT2D eigenvalue weighted by molar-refractivity contribution is 6.00. The fourth-order valence-electron chi connectivity index (χ4n) is 8.24. The van der Waals surface area contributed by atoms with Crippen LogP contribution >= 0.6 is 0 Å². The smallest absolute Gasteiger partial charge is 0.328 e. The summed E-state index contributed by atoms with van der Waals surface area (Å²) in [5.74, 6) is 5.46. The number of hydrogen-bond donors (Lipinski definition) is 2. The third-order valence-electron chi connectivity index (χ3n) is 12.0. The topological polar surface area (TPSA) is 189 Å². The first kappa shape index (κ1) is 52.6. The van der Waals surface area contributed by atoms with Crippen LogP contribution in [0, 0.1) is 45.4 Å². The molecule has 3 atom stereocenters. The van der Waals surface area contributed by atoms with Crippen LogP contribution in [0.2, 0.25) is 0 Å². The molecule has 358 valence electrons. The Balaban J connectivity index is 0.000000181. The predicted octanol–water partition coefficient (Wildman–Crippen LogP) is 9.54. The molecule has 0 aromatic carbocycles. The van der Waals surface area contributed by atoms with Crippen molar-refractivity contribution in [2.45, 2.75) is 168 Å². The molecule has 1 aliphatic carbocycles. The first-order chi connectivity index (χ1) is 30.8. The number of amidine groups is 1. The Morgan fingerprint density at radius 1 is 0.712 bits per heavy atom. The molecule has 1 saturated carbocycles. The number of imidazole rings is 1. The normalized spacial score (nSPS) is 17.9. The maximum Gasteiger partial charge on any atom is 0.328 e. The fraction of sp³-hybridized carbons (Fsp3) is 0.560. The summed E-state index contributed by atoms with van der Waals surface area (Å²) >= 11 is 0. The average molecular weight is 906 g/mol. The van der Waals surface area contributed by atoms with Crippen LogP contribution < -0.4 is 16.8 Å². The number of fused-ring (bicyclic) bond motifs is 3. The SMILES string of the molecule is C=C1N=C(C)C(C)=CN1C(C)C.CC1=NC2C(CCC2C(C)C)C(C)=N1.Cc1cn(C(C)C)c(=O)[nH]c1=O.Cc1nc(C)c2ncn(C(C)C)c2n1.Cc1nc2c(ccn2C(C)C)c(=O)[nH]1. The molecule has 5 aromatic heterocycles. The molecule has 1 fully saturated rings. The lowest BCUT2D eigenvalue weighted by Crippen LogP contribution is -2.31. The number of aliphatic imine (C=N–C) groups is 3. The van der Waals surface area contributed by atoms with Crippen molar-refractivity contribution in [1.29, 1.82) is 0 Å². The fourth-order valence-corrected chi connectivity index (χ4v) is 8.24. The van der Waals surface area contributed by atoms with E-state index in [-0.39, 0.29) is 22.9 Å². The van der Waals surface area contributed by atoms with Gasteiger partial charge in [0, 0.05) is 65.7 Å². The van der Waals surface area contributed by atoms with Gasteiger partial charge in [0.1, 0.15) is 34.5 Å². The molecular formula is C50H75N13O3. The zero-order valence-electron chi connectivity index (χ0n) is 42.8.